The van der Waals surface area contributed by atoms with Gasteiger partial charge in [-0.25, -0.2) is 14.6 Å². The van der Waals surface area contributed by atoms with E-state index in [1.807, 2.05) is 41.1 Å². The first-order chi connectivity index (χ1) is 21.1. The number of nitriles is 1. The predicted octanol–water partition coefficient (Wildman–Crippen LogP) is 4.96. The number of ether oxygens (including phenoxy) is 2. The fourth-order valence-corrected chi connectivity index (χ4v) is 5.00. The first-order valence-electron chi connectivity index (χ1n) is 14.0. The zero-order valence-corrected chi connectivity index (χ0v) is 23.6. The zero-order chi connectivity index (χ0) is 29.6. The molecule has 43 heavy (non-hydrogen) atoms. The van der Waals surface area contributed by atoms with Crippen molar-refractivity contribution >= 4 is 28.6 Å². The van der Waals surface area contributed by atoms with Gasteiger partial charge >= 0.3 is 0 Å². The lowest BCUT2D eigenvalue weighted by atomic mass is 10.1. The van der Waals surface area contributed by atoms with Crippen molar-refractivity contribution in [3.8, 4) is 23.3 Å². The predicted molar refractivity (Wildman–Crippen MR) is 163 cm³/mol. The van der Waals surface area contributed by atoms with E-state index in [1.54, 1.807) is 43.6 Å². The minimum atomic E-state index is -0.340. The Labute approximate surface area is 248 Å². The number of methoxy groups -OCH3 is 1. The molecule has 216 valence electrons. The molecule has 3 aromatic heterocycles. The number of benzene rings is 2. The number of nitrogens with one attached hydrogen (secondary N) is 3. The van der Waals surface area contributed by atoms with E-state index in [2.05, 4.69) is 25.9 Å². The summed E-state index contributed by atoms with van der Waals surface area (Å²) in [5, 5.41) is 24.6. The Morgan fingerprint density at radius 1 is 1.07 bits per heavy atom. The highest BCUT2D eigenvalue weighted by molar-refractivity contribution is 6.03. The molecule has 0 radical (unpaired) electrons. The number of carbonyl (C=O) groups excluding carboxylic acids is 1. The topological polar surface area (TPSA) is 139 Å². The van der Waals surface area contributed by atoms with Crippen molar-refractivity contribution in [1.29, 1.82) is 5.26 Å². The fourth-order valence-electron chi connectivity index (χ4n) is 5.00. The number of carbonyl (C=O) groups is 1. The maximum Gasteiger partial charge on any atom is 0.256 e. The van der Waals surface area contributed by atoms with Crippen LogP contribution in [0.1, 0.15) is 34.3 Å². The van der Waals surface area contributed by atoms with Gasteiger partial charge in [0.1, 0.15) is 28.5 Å². The van der Waals surface area contributed by atoms with Gasteiger partial charge in [0.25, 0.3) is 5.91 Å². The summed E-state index contributed by atoms with van der Waals surface area (Å²) in [4.78, 5) is 21.5. The number of hydrogen-bond acceptors (Lipinski definition) is 9. The molecule has 1 amide bonds. The second kappa shape index (κ2) is 12.6. The van der Waals surface area contributed by atoms with Crippen molar-refractivity contribution < 1.29 is 14.3 Å². The minimum absolute atomic E-state index is 0.232. The molecule has 5 aromatic rings. The third-order valence-corrected chi connectivity index (χ3v) is 7.20. The van der Waals surface area contributed by atoms with Crippen LogP contribution in [0.5, 0.6) is 17.2 Å². The second-order valence-corrected chi connectivity index (χ2v) is 10.2. The summed E-state index contributed by atoms with van der Waals surface area (Å²) in [6.07, 6.45) is 5.31. The Kier molecular flexibility index (Phi) is 8.10. The van der Waals surface area contributed by atoms with Gasteiger partial charge in [0.15, 0.2) is 11.5 Å². The smallest absolute Gasteiger partial charge is 0.256 e. The molecule has 1 fully saturated rings. The van der Waals surface area contributed by atoms with Crippen molar-refractivity contribution in [1.82, 2.24) is 25.1 Å². The van der Waals surface area contributed by atoms with Crippen LogP contribution in [0.2, 0.25) is 0 Å². The maximum atomic E-state index is 12.8. The molecule has 0 spiro atoms. The van der Waals surface area contributed by atoms with Crippen molar-refractivity contribution in [2.24, 2.45) is 0 Å². The number of pyridine rings is 2. The molecule has 0 unspecified atom stereocenters. The van der Waals surface area contributed by atoms with Gasteiger partial charge in [0, 0.05) is 36.6 Å². The van der Waals surface area contributed by atoms with Crippen molar-refractivity contribution in [3.05, 3.63) is 95.8 Å². The number of nitrogens with zero attached hydrogens (tertiary/aromatic N) is 5. The Hall–Kier alpha value is -5.47. The van der Waals surface area contributed by atoms with E-state index in [9.17, 15) is 4.79 Å². The highest BCUT2D eigenvalue weighted by Gasteiger charge is 2.21. The van der Waals surface area contributed by atoms with Gasteiger partial charge in [0.2, 0.25) is 0 Å². The molecule has 3 N–H and O–H groups in total. The molecule has 1 atom stereocenters. The highest BCUT2D eigenvalue weighted by Crippen LogP contribution is 2.35. The molecule has 1 saturated heterocycles. The fraction of sp³-hybridized carbons (Fsp3) is 0.219. The van der Waals surface area contributed by atoms with E-state index in [1.165, 1.54) is 12.3 Å². The van der Waals surface area contributed by atoms with Gasteiger partial charge < -0.3 is 25.4 Å². The van der Waals surface area contributed by atoms with Crippen LogP contribution >= 0.6 is 0 Å². The molecule has 0 bridgehead atoms. The van der Waals surface area contributed by atoms with Gasteiger partial charge in [-0.2, -0.15) is 10.4 Å². The van der Waals surface area contributed by atoms with E-state index >= 15 is 0 Å². The summed E-state index contributed by atoms with van der Waals surface area (Å²) in [6.45, 7) is 2.39. The molecule has 1 aliphatic heterocycles. The van der Waals surface area contributed by atoms with Crippen LogP contribution in [-0.4, -0.2) is 51.9 Å². The Balaban J connectivity index is 1.26. The van der Waals surface area contributed by atoms with Crippen molar-refractivity contribution in [2.45, 2.75) is 25.4 Å². The van der Waals surface area contributed by atoms with Gasteiger partial charge in [-0.15, -0.1) is 0 Å². The van der Waals surface area contributed by atoms with Gasteiger partial charge in [-0.1, -0.05) is 12.1 Å². The molecule has 0 saturated carbocycles. The molecule has 6 rings (SSSR count). The van der Waals surface area contributed by atoms with E-state index in [0.29, 0.717) is 46.5 Å². The average molecular weight is 575 g/mol. The largest absolute Gasteiger partial charge is 0.497 e. The van der Waals surface area contributed by atoms with Crippen LogP contribution in [-0.2, 0) is 6.54 Å². The van der Waals surface area contributed by atoms with Crippen molar-refractivity contribution in [2.75, 3.05) is 30.8 Å². The van der Waals surface area contributed by atoms with Crippen LogP contribution in [0.3, 0.4) is 0 Å². The molecular formula is C32H30N8O3. The van der Waals surface area contributed by atoms with E-state index < -0.39 is 0 Å². The lowest BCUT2D eigenvalue weighted by Gasteiger charge is -2.23. The van der Waals surface area contributed by atoms with E-state index in [-0.39, 0.29) is 11.9 Å². The number of hydrogen-bond donors (Lipinski definition) is 3. The highest BCUT2D eigenvalue weighted by atomic mass is 16.5. The molecular weight excluding hydrogens is 544 g/mol. The first-order valence-corrected chi connectivity index (χ1v) is 14.0. The second-order valence-electron chi connectivity index (χ2n) is 10.2. The zero-order valence-electron chi connectivity index (χ0n) is 23.6. The molecule has 1 aliphatic rings. The Bertz CT molecular complexity index is 1770. The normalized spacial score (nSPS) is 14.6. The van der Waals surface area contributed by atoms with Crippen LogP contribution in [0.25, 0.3) is 11.0 Å². The Morgan fingerprint density at radius 2 is 1.86 bits per heavy atom. The number of aromatic nitrogens is 4. The Morgan fingerprint density at radius 3 is 2.60 bits per heavy atom. The number of amides is 1. The quantitative estimate of drug-likeness (QED) is 0.223. The first kappa shape index (κ1) is 27.7. The third kappa shape index (κ3) is 6.39. The van der Waals surface area contributed by atoms with E-state index in [0.717, 1.165) is 42.6 Å². The maximum absolute atomic E-state index is 12.8. The minimum Gasteiger partial charge on any atom is -0.497 e. The van der Waals surface area contributed by atoms with Crippen LogP contribution < -0.4 is 25.4 Å². The summed E-state index contributed by atoms with van der Waals surface area (Å²) in [6, 6.07) is 21.9. The number of piperidine rings is 1. The molecule has 0 aliphatic carbocycles. The lowest BCUT2D eigenvalue weighted by Crippen LogP contribution is -2.38. The third-order valence-electron chi connectivity index (χ3n) is 7.20. The summed E-state index contributed by atoms with van der Waals surface area (Å²) < 4.78 is 13.5. The van der Waals surface area contributed by atoms with Crippen LogP contribution in [0.15, 0.2) is 79.1 Å². The molecule has 11 nitrogen and oxygen atoms in total. The molecule has 2 aromatic carbocycles. The van der Waals surface area contributed by atoms with E-state index in [4.69, 9.17) is 19.8 Å². The van der Waals surface area contributed by atoms with Crippen molar-refractivity contribution in [3.63, 3.8) is 0 Å². The lowest BCUT2D eigenvalue weighted by molar-refractivity contribution is 0.102. The van der Waals surface area contributed by atoms with Crippen LogP contribution in [0, 0.1) is 11.3 Å². The molecule has 11 heteroatoms. The number of rotatable bonds is 9. The van der Waals surface area contributed by atoms with Crippen LogP contribution in [0.4, 0.5) is 11.6 Å². The van der Waals surface area contributed by atoms with Gasteiger partial charge in [-0.3, -0.25) is 4.79 Å². The monoisotopic (exact) mass is 574 g/mol. The summed E-state index contributed by atoms with van der Waals surface area (Å²) in [5.74, 6) is 2.64. The number of anilines is 2. The SMILES string of the molecule is COc1ccc(Cn2nc(N[C@@H]3CCCNC3)c3c(Oc4ccc(C(=O)Nc5cc(C#N)ccn5)cc4)ccnc32)cc1. The standard InChI is InChI=1S/C32H30N8O3/c1-42-25-8-4-21(5-9-25)20-40-31-29(30(39-40)37-24-3-2-14-34-19-24)27(13-16-36-31)43-26-10-6-23(7-11-26)32(41)38-28-17-22(18-33)12-15-35-28/h4-13,15-17,24,34H,2-3,14,19-20H2,1H3,(H,37,39)(H,35,38,41)/t24-/m1/s1. The summed E-state index contributed by atoms with van der Waals surface area (Å²) in [7, 11) is 1.65. The summed E-state index contributed by atoms with van der Waals surface area (Å²) >= 11 is 0. The van der Waals surface area contributed by atoms with Gasteiger partial charge in [-0.05, 0) is 73.5 Å². The summed E-state index contributed by atoms with van der Waals surface area (Å²) in [5.41, 5.74) is 2.60. The van der Waals surface area contributed by atoms with Gasteiger partial charge in [0.05, 0.1) is 25.3 Å². The average Bonchev–Trinajstić information content (AvgIpc) is 3.39. The number of fused-ring (bicyclic) bond motifs is 1. The molecule has 4 heterocycles.